The van der Waals surface area contributed by atoms with Gasteiger partial charge in [0, 0.05) is 12.0 Å². The van der Waals surface area contributed by atoms with Gasteiger partial charge in [-0.15, -0.1) is 0 Å². The molecule has 2 rings (SSSR count). The Morgan fingerprint density at radius 1 is 1.18 bits per heavy atom. The van der Waals surface area contributed by atoms with E-state index in [9.17, 15) is 4.79 Å². The number of hydrogen-bond donors (Lipinski definition) is 0. The normalized spacial score (nSPS) is 10.7. The van der Waals surface area contributed by atoms with Crippen LogP contribution in [0.5, 0.6) is 5.95 Å². The van der Waals surface area contributed by atoms with E-state index in [-0.39, 0.29) is 5.43 Å². The van der Waals surface area contributed by atoms with E-state index in [1.54, 1.807) is 6.92 Å². The van der Waals surface area contributed by atoms with Crippen LogP contribution in [-0.2, 0) is 24.2 Å². The Morgan fingerprint density at radius 3 is 2.55 bits per heavy atom. The lowest BCUT2D eigenvalue weighted by molar-refractivity contribution is 0.118. The van der Waals surface area contributed by atoms with Crippen LogP contribution in [0.3, 0.4) is 0 Å². The van der Waals surface area contributed by atoms with Gasteiger partial charge >= 0.3 is 0 Å². The van der Waals surface area contributed by atoms with Gasteiger partial charge in [-0.1, -0.05) is 37.3 Å². The van der Waals surface area contributed by atoms with Crippen LogP contribution in [0.15, 0.2) is 39.5 Å². The largest absolute Gasteiger partial charge is 0.468 e. The molecule has 0 amide bonds. The molecule has 0 N–H and O–H groups in total. The van der Waals surface area contributed by atoms with Crippen LogP contribution in [0, 0.1) is 6.92 Å². The van der Waals surface area contributed by atoms with Crippen molar-refractivity contribution >= 4 is 0 Å². The third-order valence-electron chi connectivity index (χ3n) is 3.60. The van der Waals surface area contributed by atoms with Crippen molar-refractivity contribution in [3.63, 3.8) is 0 Å². The van der Waals surface area contributed by atoms with Gasteiger partial charge in [0.2, 0.25) is 0 Å². The quantitative estimate of drug-likeness (QED) is 0.736. The summed E-state index contributed by atoms with van der Waals surface area (Å²) in [6, 6.07) is 9.98. The standard InChI is InChI=1S/C18H22O4/c1-4-15-16(22-18(20-3)13(2)17(15)19)10-11-21-12-14-8-6-5-7-9-14/h5-9H,4,10-12H2,1-3H3. The summed E-state index contributed by atoms with van der Waals surface area (Å²) in [5, 5.41) is 0. The zero-order valence-electron chi connectivity index (χ0n) is 13.3. The topological polar surface area (TPSA) is 48.7 Å². The van der Waals surface area contributed by atoms with Crippen LogP contribution >= 0.6 is 0 Å². The van der Waals surface area contributed by atoms with Crippen LogP contribution in [0.4, 0.5) is 0 Å². The Hall–Kier alpha value is -2.07. The van der Waals surface area contributed by atoms with Gasteiger partial charge in [0.15, 0.2) is 5.43 Å². The number of benzene rings is 1. The molecular formula is C18H22O4. The maximum Gasteiger partial charge on any atom is 0.291 e. The maximum atomic E-state index is 12.3. The first-order valence-electron chi connectivity index (χ1n) is 7.48. The predicted octanol–water partition coefficient (Wildman–Crippen LogP) is 3.28. The lowest BCUT2D eigenvalue weighted by Gasteiger charge is -2.11. The Morgan fingerprint density at radius 2 is 1.91 bits per heavy atom. The molecule has 0 spiro atoms. The predicted molar refractivity (Wildman–Crippen MR) is 85.4 cm³/mol. The van der Waals surface area contributed by atoms with Gasteiger partial charge in [0.05, 0.1) is 25.9 Å². The molecule has 0 saturated heterocycles. The number of methoxy groups -OCH3 is 1. The smallest absolute Gasteiger partial charge is 0.291 e. The molecule has 0 saturated carbocycles. The summed E-state index contributed by atoms with van der Waals surface area (Å²) >= 11 is 0. The van der Waals surface area contributed by atoms with Crippen LogP contribution in [0.25, 0.3) is 0 Å². The monoisotopic (exact) mass is 302 g/mol. The second-order valence-corrected chi connectivity index (χ2v) is 5.09. The molecule has 2 aromatic rings. The molecule has 0 atom stereocenters. The van der Waals surface area contributed by atoms with Crippen molar-refractivity contribution in [2.75, 3.05) is 13.7 Å². The zero-order valence-corrected chi connectivity index (χ0v) is 13.3. The van der Waals surface area contributed by atoms with Crippen LogP contribution < -0.4 is 10.2 Å². The molecule has 118 valence electrons. The summed E-state index contributed by atoms with van der Waals surface area (Å²) in [5.74, 6) is 0.947. The van der Waals surface area contributed by atoms with Crippen molar-refractivity contribution in [1.29, 1.82) is 0 Å². The van der Waals surface area contributed by atoms with Crippen molar-refractivity contribution in [3.05, 3.63) is 63.0 Å². The third-order valence-corrected chi connectivity index (χ3v) is 3.60. The summed E-state index contributed by atoms with van der Waals surface area (Å²) in [4.78, 5) is 12.3. The molecule has 22 heavy (non-hydrogen) atoms. The van der Waals surface area contributed by atoms with E-state index in [1.807, 2.05) is 37.3 Å². The van der Waals surface area contributed by atoms with Gasteiger partial charge in [-0.3, -0.25) is 4.79 Å². The highest BCUT2D eigenvalue weighted by atomic mass is 16.6. The molecule has 0 aliphatic carbocycles. The highest BCUT2D eigenvalue weighted by Gasteiger charge is 2.15. The van der Waals surface area contributed by atoms with E-state index in [4.69, 9.17) is 13.9 Å². The molecule has 1 aromatic carbocycles. The minimum Gasteiger partial charge on any atom is -0.468 e. The molecule has 1 aromatic heterocycles. The molecular weight excluding hydrogens is 280 g/mol. The molecule has 4 heteroatoms. The molecule has 0 radical (unpaired) electrons. The summed E-state index contributed by atoms with van der Waals surface area (Å²) in [5.41, 5.74) is 2.36. The SMILES string of the molecule is CCc1c(CCOCc2ccccc2)oc(OC)c(C)c1=O. The Bertz CT molecular complexity index is 659. The number of ether oxygens (including phenoxy) is 2. The minimum atomic E-state index is 0.00339. The van der Waals surface area contributed by atoms with Crippen LogP contribution in [0.2, 0.25) is 0 Å². The number of hydrogen-bond acceptors (Lipinski definition) is 4. The van der Waals surface area contributed by atoms with E-state index in [0.29, 0.717) is 48.9 Å². The fourth-order valence-corrected chi connectivity index (χ4v) is 2.38. The van der Waals surface area contributed by atoms with Crippen molar-refractivity contribution in [2.24, 2.45) is 0 Å². The van der Waals surface area contributed by atoms with Crippen molar-refractivity contribution in [1.82, 2.24) is 0 Å². The Kier molecular flexibility index (Phi) is 5.78. The summed E-state index contributed by atoms with van der Waals surface area (Å²) in [6.07, 6.45) is 1.20. The fourth-order valence-electron chi connectivity index (χ4n) is 2.38. The van der Waals surface area contributed by atoms with E-state index in [0.717, 1.165) is 5.56 Å². The van der Waals surface area contributed by atoms with Crippen LogP contribution in [-0.4, -0.2) is 13.7 Å². The van der Waals surface area contributed by atoms with Gasteiger partial charge in [0.1, 0.15) is 5.76 Å². The van der Waals surface area contributed by atoms with Gasteiger partial charge in [0.25, 0.3) is 5.95 Å². The maximum absolute atomic E-state index is 12.3. The summed E-state index contributed by atoms with van der Waals surface area (Å²) in [6.45, 7) is 4.72. The van der Waals surface area contributed by atoms with Crippen LogP contribution in [0.1, 0.15) is 29.4 Å². The number of rotatable bonds is 7. The van der Waals surface area contributed by atoms with Gasteiger partial charge in [-0.2, -0.15) is 0 Å². The van der Waals surface area contributed by atoms with E-state index in [1.165, 1.54) is 7.11 Å². The van der Waals surface area contributed by atoms with Crippen molar-refractivity contribution in [2.45, 2.75) is 33.3 Å². The second-order valence-electron chi connectivity index (χ2n) is 5.09. The molecule has 0 fully saturated rings. The van der Waals surface area contributed by atoms with Gasteiger partial charge < -0.3 is 13.9 Å². The first kappa shape index (κ1) is 16.3. The first-order valence-corrected chi connectivity index (χ1v) is 7.48. The molecule has 0 aliphatic rings. The lowest BCUT2D eigenvalue weighted by atomic mass is 10.1. The molecule has 0 aliphatic heterocycles. The van der Waals surface area contributed by atoms with Crippen molar-refractivity contribution < 1.29 is 13.9 Å². The minimum absolute atomic E-state index is 0.00339. The molecule has 0 unspecified atom stereocenters. The van der Waals surface area contributed by atoms with E-state index >= 15 is 0 Å². The Labute approximate surface area is 130 Å². The van der Waals surface area contributed by atoms with Crippen molar-refractivity contribution in [3.8, 4) is 5.95 Å². The van der Waals surface area contributed by atoms with Gasteiger partial charge in [-0.05, 0) is 18.9 Å². The summed E-state index contributed by atoms with van der Waals surface area (Å²) in [7, 11) is 1.51. The second kappa shape index (κ2) is 7.80. The van der Waals surface area contributed by atoms with Gasteiger partial charge in [-0.25, -0.2) is 0 Å². The first-order chi connectivity index (χ1) is 10.7. The van der Waals surface area contributed by atoms with E-state index < -0.39 is 0 Å². The summed E-state index contributed by atoms with van der Waals surface area (Å²) < 4.78 is 16.5. The van der Waals surface area contributed by atoms with E-state index in [2.05, 4.69) is 0 Å². The fraction of sp³-hybridized carbons (Fsp3) is 0.389. The lowest BCUT2D eigenvalue weighted by Crippen LogP contribution is -2.16. The average molecular weight is 302 g/mol. The highest BCUT2D eigenvalue weighted by molar-refractivity contribution is 5.30. The zero-order chi connectivity index (χ0) is 15.9. The highest BCUT2D eigenvalue weighted by Crippen LogP contribution is 2.19. The average Bonchev–Trinajstić information content (AvgIpc) is 2.55. The molecule has 0 bridgehead atoms. The molecule has 4 nitrogen and oxygen atoms in total. The Balaban J connectivity index is 2.03. The molecule has 1 heterocycles. The third kappa shape index (κ3) is 3.77.